The minimum absolute atomic E-state index is 0.159. The summed E-state index contributed by atoms with van der Waals surface area (Å²) in [6.45, 7) is 0.923. The van der Waals surface area contributed by atoms with Crippen molar-refractivity contribution in [1.29, 1.82) is 0 Å². The van der Waals surface area contributed by atoms with Crippen molar-refractivity contribution in [2.75, 3.05) is 13.2 Å². The maximum Gasteiger partial charge on any atom is 0.340 e. The number of nitrogens with zero attached hydrogens (tertiary/aromatic N) is 1. The molecule has 0 radical (unpaired) electrons. The molecule has 0 unspecified atom stereocenters. The van der Waals surface area contributed by atoms with Crippen LogP contribution in [0.25, 0.3) is 0 Å². The molecule has 0 spiro atoms. The highest BCUT2D eigenvalue weighted by molar-refractivity contribution is 5.23. The van der Waals surface area contributed by atoms with Gasteiger partial charge in [0.2, 0.25) is 0 Å². The first-order valence-electron chi connectivity index (χ1n) is 5.51. The van der Waals surface area contributed by atoms with E-state index in [0.717, 1.165) is 6.20 Å². The lowest BCUT2D eigenvalue weighted by Gasteiger charge is -2.16. The number of aromatic nitrogens is 1. The number of hydrogen-bond acceptors (Lipinski definition) is 3. The molecule has 19 heavy (non-hydrogen) atoms. The SMILES string of the molecule is CCNCc1ccnc(OCC(F)(F)C(F)F)c1F. The molecule has 3 nitrogen and oxygen atoms in total. The minimum atomic E-state index is -4.34. The molecule has 0 fully saturated rings. The second-order valence-electron chi connectivity index (χ2n) is 3.72. The Morgan fingerprint density at radius 2 is 2.11 bits per heavy atom. The van der Waals surface area contributed by atoms with Crippen molar-refractivity contribution >= 4 is 0 Å². The molecule has 1 heterocycles. The highest BCUT2D eigenvalue weighted by Crippen LogP contribution is 2.25. The molecule has 0 saturated heterocycles. The zero-order chi connectivity index (χ0) is 14.5. The molecule has 0 amide bonds. The summed E-state index contributed by atoms with van der Waals surface area (Å²) >= 11 is 0. The zero-order valence-electron chi connectivity index (χ0n) is 10.1. The van der Waals surface area contributed by atoms with E-state index in [4.69, 9.17) is 0 Å². The lowest BCUT2D eigenvalue weighted by atomic mass is 10.2. The fraction of sp³-hybridized carbons (Fsp3) is 0.545. The number of halogens is 5. The van der Waals surface area contributed by atoms with Crippen LogP contribution in [-0.2, 0) is 6.54 Å². The molecule has 1 aromatic rings. The number of ether oxygens (including phenoxy) is 1. The first-order valence-corrected chi connectivity index (χ1v) is 5.51. The van der Waals surface area contributed by atoms with Crippen LogP contribution >= 0.6 is 0 Å². The standard InChI is InChI=1S/C11H13F5N2O/c1-2-17-5-7-3-4-18-9(8(7)12)19-6-11(15,16)10(13)14/h3-4,10,17H,2,5-6H2,1H3. The summed E-state index contributed by atoms with van der Waals surface area (Å²) in [5.41, 5.74) is 0.159. The average molecular weight is 284 g/mol. The summed E-state index contributed by atoms with van der Waals surface area (Å²) < 4.78 is 67.1. The molecule has 0 aliphatic rings. The Kier molecular flexibility index (Phi) is 5.46. The van der Waals surface area contributed by atoms with E-state index in [0.29, 0.717) is 6.54 Å². The number of pyridine rings is 1. The van der Waals surface area contributed by atoms with E-state index in [1.165, 1.54) is 6.07 Å². The van der Waals surface area contributed by atoms with Crippen molar-refractivity contribution in [2.45, 2.75) is 25.8 Å². The first kappa shape index (κ1) is 15.6. The van der Waals surface area contributed by atoms with Crippen LogP contribution in [0, 0.1) is 5.82 Å². The van der Waals surface area contributed by atoms with Crippen molar-refractivity contribution in [2.24, 2.45) is 0 Å². The summed E-state index contributed by atoms with van der Waals surface area (Å²) in [6.07, 6.45) is -2.72. The average Bonchev–Trinajstić information content (AvgIpc) is 2.36. The van der Waals surface area contributed by atoms with Gasteiger partial charge in [0.1, 0.15) is 0 Å². The predicted molar refractivity (Wildman–Crippen MR) is 58.0 cm³/mol. The molecule has 0 aromatic carbocycles. The molecule has 1 aromatic heterocycles. The van der Waals surface area contributed by atoms with Gasteiger partial charge in [0.15, 0.2) is 12.4 Å². The molecular formula is C11H13F5N2O. The lowest BCUT2D eigenvalue weighted by Crippen LogP contribution is -2.34. The summed E-state index contributed by atoms with van der Waals surface area (Å²) in [5, 5.41) is 2.83. The minimum Gasteiger partial charge on any atom is -0.469 e. The molecule has 0 aliphatic carbocycles. The van der Waals surface area contributed by atoms with E-state index >= 15 is 0 Å². The number of hydrogen-bond donors (Lipinski definition) is 1. The molecule has 0 aliphatic heterocycles. The second-order valence-corrected chi connectivity index (χ2v) is 3.72. The van der Waals surface area contributed by atoms with Crippen LogP contribution in [0.1, 0.15) is 12.5 Å². The Morgan fingerprint density at radius 1 is 1.42 bits per heavy atom. The van der Waals surface area contributed by atoms with Gasteiger partial charge in [-0.15, -0.1) is 0 Å². The predicted octanol–water partition coefficient (Wildman–Crippen LogP) is 2.61. The van der Waals surface area contributed by atoms with Crippen LogP contribution < -0.4 is 10.1 Å². The van der Waals surface area contributed by atoms with Crippen LogP contribution in [0.5, 0.6) is 5.88 Å². The molecule has 0 atom stereocenters. The van der Waals surface area contributed by atoms with Crippen molar-refractivity contribution in [3.63, 3.8) is 0 Å². The summed E-state index contributed by atoms with van der Waals surface area (Å²) in [7, 11) is 0. The quantitative estimate of drug-likeness (QED) is 0.782. The summed E-state index contributed by atoms with van der Waals surface area (Å²) in [4.78, 5) is 3.41. The van der Waals surface area contributed by atoms with E-state index in [1.807, 2.05) is 0 Å². The van der Waals surface area contributed by atoms with Crippen LogP contribution in [0.15, 0.2) is 12.3 Å². The largest absolute Gasteiger partial charge is 0.469 e. The highest BCUT2D eigenvalue weighted by Gasteiger charge is 2.42. The Hall–Kier alpha value is -1.44. The smallest absolute Gasteiger partial charge is 0.340 e. The van der Waals surface area contributed by atoms with Gasteiger partial charge >= 0.3 is 12.3 Å². The van der Waals surface area contributed by atoms with Gasteiger partial charge < -0.3 is 10.1 Å². The van der Waals surface area contributed by atoms with Crippen LogP contribution in [0.4, 0.5) is 22.0 Å². The first-order chi connectivity index (χ1) is 8.88. The summed E-state index contributed by atoms with van der Waals surface area (Å²) in [6, 6.07) is 1.34. The number of nitrogens with one attached hydrogen (secondary N) is 1. The fourth-order valence-corrected chi connectivity index (χ4v) is 1.19. The third-order valence-corrected chi connectivity index (χ3v) is 2.22. The van der Waals surface area contributed by atoms with Gasteiger partial charge in [-0.05, 0) is 12.6 Å². The molecule has 8 heteroatoms. The second kappa shape index (κ2) is 6.65. The van der Waals surface area contributed by atoms with Gasteiger partial charge in [-0.3, -0.25) is 0 Å². The number of alkyl halides is 4. The van der Waals surface area contributed by atoms with Gasteiger partial charge in [0, 0.05) is 18.3 Å². The van der Waals surface area contributed by atoms with Gasteiger partial charge in [0.25, 0.3) is 5.88 Å². The van der Waals surface area contributed by atoms with Crippen molar-refractivity contribution in [3.05, 3.63) is 23.6 Å². The van der Waals surface area contributed by atoms with Crippen molar-refractivity contribution < 1.29 is 26.7 Å². The van der Waals surface area contributed by atoms with Crippen LogP contribution in [0.2, 0.25) is 0 Å². The molecule has 0 saturated carbocycles. The lowest BCUT2D eigenvalue weighted by molar-refractivity contribution is -0.149. The summed E-state index contributed by atoms with van der Waals surface area (Å²) in [5.74, 6) is -5.99. The van der Waals surface area contributed by atoms with Gasteiger partial charge in [-0.25, -0.2) is 18.2 Å². The molecule has 108 valence electrons. The Labute approximate surface area is 106 Å². The normalized spacial score (nSPS) is 11.9. The highest BCUT2D eigenvalue weighted by atomic mass is 19.3. The molecule has 1 rings (SSSR count). The van der Waals surface area contributed by atoms with E-state index in [1.54, 1.807) is 6.92 Å². The van der Waals surface area contributed by atoms with E-state index < -0.39 is 30.7 Å². The Morgan fingerprint density at radius 3 is 2.68 bits per heavy atom. The van der Waals surface area contributed by atoms with Gasteiger partial charge in [-0.1, -0.05) is 6.92 Å². The maximum absolute atomic E-state index is 13.7. The molecule has 0 bridgehead atoms. The van der Waals surface area contributed by atoms with Crippen molar-refractivity contribution in [3.8, 4) is 5.88 Å². The zero-order valence-corrected chi connectivity index (χ0v) is 10.1. The Bertz CT molecular complexity index is 414. The van der Waals surface area contributed by atoms with Crippen molar-refractivity contribution in [1.82, 2.24) is 10.3 Å². The van der Waals surface area contributed by atoms with Crippen LogP contribution in [-0.4, -0.2) is 30.5 Å². The molecule has 1 N–H and O–H groups in total. The third-order valence-electron chi connectivity index (χ3n) is 2.22. The van der Waals surface area contributed by atoms with Crippen LogP contribution in [0.3, 0.4) is 0 Å². The van der Waals surface area contributed by atoms with E-state index in [9.17, 15) is 22.0 Å². The molecular weight excluding hydrogens is 271 g/mol. The topological polar surface area (TPSA) is 34.2 Å². The fourth-order valence-electron chi connectivity index (χ4n) is 1.19. The van der Waals surface area contributed by atoms with E-state index in [2.05, 4.69) is 15.0 Å². The van der Waals surface area contributed by atoms with Gasteiger partial charge in [0.05, 0.1) is 0 Å². The third kappa shape index (κ3) is 4.30. The van der Waals surface area contributed by atoms with E-state index in [-0.39, 0.29) is 12.1 Å². The Balaban J connectivity index is 2.74. The monoisotopic (exact) mass is 284 g/mol. The maximum atomic E-state index is 13.7. The van der Waals surface area contributed by atoms with Gasteiger partial charge in [-0.2, -0.15) is 8.78 Å². The number of rotatable bonds is 7.